The molecule has 12 nitrogen and oxygen atoms in total. The van der Waals surface area contributed by atoms with Gasteiger partial charge >= 0.3 is 0 Å². The number of thiophene rings is 1. The maximum Gasteiger partial charge on any atom is 0.292 e. The third-order valence-corrected chi connectivity index (χ3v) is 7.83. The first-order valence-corrected chi connectivity index (χ1v) is 12.2. The van der Waals surface area contributed by atoms with E-state index in [-0.39, 0.29) is 23.1 Å². The van der Waals surface area contributed by atoms with Gasteiger partial charge < -0.3 is 30.2 Å². The fourth-order valence-electron chi connectivity index (χ4n) is 4.01. The van der Waals surface area contributed by atoms with Gasteiger partial charge in [0, 0.05) is 17.4 Å². The lowest BCUT2D eigenvalue weighted by Gasteiger charge is -2.50. The summed E-state index contributed by atoms with van der Waals surface area (Å²) in [4.78, 5) is 48.6. The van der Waals surface area contributed by atoms with Crippen molar-refractivity contribution < 1.29 is 33.3 Å². The number of aliphatic carboxylic acids is 1. The number of rotatable bonds is 7. The Kier molecular flexibility index (Phi) is 5.90. The molecule has 1 saturated heterocycles. The smallest absolute Gasteiger partial charge is 0.292 e. The van der Waals surface area contributed by atoms with E-state index < -0.39 is 29.2 Å². The zero-order chi connectivity index (χ0) is 24.7. The van der Waals surface area contributed by atoms with Crippen molar-refractivity contribution in [3.8, 4) is 0 Å². The molecule has 1 unspecified atom stereocenters. The van der Waals surface area contributed by atoms with Crippen LogP contribution in [0.4, 0.5) is 6.01 Å². The van der Waals surface area contributed by atoms with Crippen LogP contribution in [0.1, 0.15) is 5.69 Å². The van der Waals surface area contributed by atoms with Crippen molar-refractivity contribution in [3.05, 3.63) is 53.0 Å². The number of hydrogen-bond acceptors (Lipinski definition) is 11. The molecule has 0 bridgehead atoms. The molecule has 5 heterocycles. The Labute approximate surface area is 206 Å². The highest BCUT2D eigenvalue weighted by molar-refractivity contribution is 8.00. The van der Waals surface area contributed by atoms with E-state index in [9.17, 15) is 19.5 Å². The summed E-state index contributed by atoms with van der Waals surface area (Å²) in [5.41, 5.74) is 5.63. The number of fused-ring (bicyclic) bond motifs is 2. The minimum absolute atomic E-state index is 0.0270. The summed E-state index contributed by atoms with van der Waals surface area (Å²) in [5.74, 6) is -2.41. The zero-order valence-corrected chi connectivity index (χ0v) is 19.8. The van der Waals surface area contributed by atoms with Gasteiger partial charge in [0.05, 0.1) is 17.1 Å². The van der Waals surface area contributed by atoms with Crippen LogP contribution in [0.5, 0.6) is 0 Å². The number of nitrogen functional groups attached to an aromatic ring is 1. The van der Waals surface area contributed by atoms with E-state index in [1.807, 2.05) is 34.3 Å². The number of oxime groups is 1. The van der Waals surface area contributed by atoms with Crippen molar-refractivity contribution in [2.75, 3.05) is 18.6 Å². The number of carboxylic acids is 1. The summed E-state index contributed by atoms with van der Waals surface area (Å²) in [5, 5.41) is 20.7. The number of β-lactam (4-membered cyclic amide) rings is 1. The highest BCUT2D eigenvalue weighted by atomic mass is 32.2. The predicted molar refractivity (Wildman–Crippen MR) is 124 cm³/mol. The largest absolute Gasteiger partial charge is 0.543 e. The van der Waals surface area contributed by atoms with Crippen molar-refractivity contribution >= 4 is 62.8 Å². The SMILES string of the molecule is CO/N=C(\C(=O)NC1C(=O)N2C(C(=O)[O-])=C(C[n+]3cccc4ccsc43)CS[C@H]12)c1coc(N)n1. The Morgan fingerprint density at radius 1 is 1.46 bits per heavy atom. The minimum atomic E-state index is -1.44. The maximum absolute atomic E-state index is 13.0. The number of carbonyl (C=O) groups excluding carboxylic acids is 3. The summed E-state index contributed by atoms with van der Waals surface area (Å²) < 4.78 is 6.85. The topological polar surface area (TPSA) is 167 Å². The number of thioether (sulfide) groups is 1. The second-order valence-corrected chi connectivity index (χ2v) is 9.61. The lowest BCUT2D eigenvalue weighted by atomic mass is 10.0. The van der Waals surface area contributed by atoms with E-state index >= 15 is 0 Å². The molecule has 2 atom stereocenters. The molecule has 0 radical (unpaired) electrons. The average Bonchev–Trinajstić information content (AvgIpc) is 3.49. The van der Waals surface area contributed by atoms with Crippen molar-refractivity contribution in [2.24, 2.45) is 5.16 Å². The molecule has 2 amide bonds. The van der Waals surface area contributed by atoms with Crippen molar-refractivity contribution in [1.29, 1.82) is 0 Å². The Balaban J connectivity index is 1.38. The number of anilines is 1. The van der Waals surface area contributed by atoms with Gasteiger partial charge in [-0.3, -0.25) is 14.5 Å². The Morgan fingerprint density at radius 3 is 3.00 bits per heavy atom. The average molecular weight is 515 g/mol. The lowest BCUT2D eigenvalue weighted by Crippen LogP contribution is -2.71. The van der Waals surface area contributed by atoms with Gasteiger partial charge in [-0.15, -0.1) is 11.8 Å². The first-order valence-electron chi connectivity index (χ1n) is 10.3. The summed E-state index contributed by atoms with van der Waals surface area (Å²) in [6, 6.07) is 4.70. The van der Waals surface area contributed by atoms with E-state index in [0.717, 1.165) is 16.5 Å². The number of carbonyl (C=O) groups is 3. The number of oxazole rings is 1. The molecule has 0 spiro atoms. The molecular weight excluding hydrogens is 496 g/mol. The van der Waals surface area contributed by atoms with E-state index in [1.165, 1.54) is 23.8 Å². The van der Waals surface area contributed by atoms with Crippen LogP contribution in [0.3, 0.4) is 0 Å². The molecule has 0 aromatic carbocycles. The fourth-order valence-corrected chi connectivity index (χ4v) is 6.23. The van der Waals surface area contributed by atoms with Crippen molar-refractivity contribution in [1.82, 2.24) is 15.2 Å². The van der Waals surface area contributed by atoms with Crippen molar-refractivity contribution in [3.63, 3.8) is 0 Å². The van der Waals surface area contributed by atoms with Gasteiger partial charge in [0.25, 0.3) is 22.7 Å². The number of hydrogen-bond donors (Lipinski definition) is 2. The Hall–Kier alpha value is -3.91. The molecule has 0 aliphatic carbocycles. The highest BCUT2D eigenvalue weighted by Gasteiger charge is 2.53. The summed E-state index contributed by atoms with van der Waals surface area (Å²) in [6.07, 6.45) is 3.00. The van der Waals surface area contributed by atoms with Crippen LogP contribution >= 0.6 is 23.1 Å². The van der Waals surface area contributed by atoms with E-state index in [4.69, 9.17) is 15.0 Å². The number of amides is 2. The van der Waals surface area contributed by atoms with Crippen LogP contribution in [0, 0.1) is 0 Å². The van der Waals surface area contributed by atoms with Gasteiger partial charge in [-0.2, -0.15) is 9.55 Å². The fraction of sp³-hybridized carbons (Fsp3) is 0.238. The van der Waals surface area contributed by atoms with E-state index in [2.05, 4.69) is 15.5 Å². The van der Waals surface area contributed by atoms with Crippen LogP contribution in [0.25, 0.3) is 10.2 Å². The first-order chi connectivity index (χ1) is 16.9. The third-order valence-electron chi connectivity index (χ3n) is 5.53. The number of nitrogens with zero attached hydrogens (tertiary/aromatic N) is 4. The maximum atomic E-state index is 13.0. The molecule has 0 saturated carbocycles. The number of aromatic nitrogens is 2. The summed E-state index contributed by atoms with van der Waals surface area (Å²) in [6.45, 7) is 0.292. The van der Waals surface area contributed by atoms with E-state index in [1.54, 1.807) is 11.3 Å². The summed E-state index contributed by atoms with van der Waals surface area (Å²) in [7, 11) is 1.25. The van der Waals surface area contributed by atoms with Gasteiger partial charge in [-0.05, 0) is 17.5 Å². The van der Waals surface area contributed by atoms with Gasteiger partial charge in [-0.1, -0.05) is 16.5 Å². The molecule has 2 aliphatic rings. The number of nitrogens with two attached hydrogens (primary N) is 1. The van der Waals surface area contributed by atoms with Crippen LogP contribution in [-0.2, 0) is 25.8 Å². The van der Waals surface area contributed by atoms with Crippen LogP contribution < -0.4 is 20.7 Å². The monoisotopic (exact) mass is 514 g/mol. The number of pyridine rings is 1. The quantitative estimate of drug-likeness (QED) is 0.178. The second-order valence-electron chi connectivity index (χ2n) is 7.61. The standard InChI is InChI=1S/C21H18N6O6S2/c1-32-25-13(12-8-33-21(22)23-12)16(28)24-14-17(29)27-15(20(30)31)11(9-35-19(14)27)7-26-5-2-3-10-4-6-34-18(10)26/h2-6,8,14,19H,7,9H2,1H3,(H3-,22,23,24,28,30,31)/b25-13-/t14?,19-/m1/s1. The van der Waals surface area contributed by atoms with E-state index in [0.29, 0.717) is 17.9 Å². The molecule has 3 aromatic heterocycles. The summed E-state index contributed by atoms with van der Waals surface area (Å²) >= 11 is 2.90. The molecule has 2 aliphatic heterocycles. The molecule has 5 rings (SSSR count). The predicted octanol–water partition coefficient (Wildman–Crippen LogP) is -0.786. The molecule has 35 heavy (non-hydrogen) atoms. The molecule has 3 N–H and O–H groups in total. The molecule has 3 aromatic rings. The van der Waals surface area contributed by atoms with Gasteiger partial charge in [0.2, 0.25) is 0 Å². The Morgan fingerprint density at radius 2 is 2.29 bits per heavy atom. The lowest BCUT2D eigenvalue weighted by molar-refractivity contribution is -0.661. The minimum Gasteiger partial charge on any atom is -0.543 e. The van der Waals surface area contributed by atoms with Crippen molar-refractivity contribution in [2.45, 2.75) is 18.0 Å². The first kappa shape index (κ1) is 22.9. The second kappa shape index (κ2) is 9.03. The van der Waals surface area contributed by atoms with Crippen LogP contribution in [0.2, 0.25) is 0 Å². The van der Waals surface area contributed by atoms with Gasteiger partial charge in [0.15, 0.2) is 18.5 Å². The number of carboxylic acid groups (broad SMARTS) is 1. The Bertz CT molecular complexity index is 1410. The van der Waals surface area contributed by atoms with Crippen LogP contribution in [-0.4, -0.2) is 57.7 Å². The number of nitrogens with one attached hydrogen (secondary N) is 1. The molecule has 1 fully saturated rings. The molecular formula is C21H18N6O6S2. The molecule has 180 valence electrons. The van der Waals surface area contributed by atoms with Gasteiger partial charge in [-0.25, -0.2) is 0 Å². The highest BCUT2D eigenvalue weighted by Crippen LogP contribution is 2.40. The normalized spacial score (nSPS) is 20.0. The molecule has 14 heteroatoms. The van der Waals surface area contributed by atoms with Crippen LogP contribution in [0.15, 0.2) is 56.9 Å². The third kappa shape index (κ3) is 4.00. The van der Waals surface area contributed by atoms with Gasteiger partial charge in [0.1, 0.15) is 30.5 Å². The zero-order valence-electron chi connectivity index (χ0n) is 18.2.